The monoisotopic (exact) mass is 265 g/mol. The van der Waals surface area contributed by atoms with Crippen LogP contribution in [0.4, 0.5) is 10.1 Å². The summed E-state index contributed by atoms with van der Waals surface area (Å²) in [5.41, 5.74) is -0.0844. The highest BCUT2D eigenvalue weighted by Crippen LogP contribution is 2.32. The lowest BCUT2D eigenvalue weighted by Crippen LogP contribution is -2.26. The van der Waals surface area contributed by atoms with Crippen molar-refractivity contribution in [2.75, 3.05) is 12.4 Å². The summed E-state index contributed by atoms with van der Waals surface area (Å²) in [7, 11) is 0. The number of aliphatic hydroxyl groups is 1. The Bertz CT molecular complexity index is 389. The second-order valence-corrected chi connectivity index (χ2v) is 4.79. The van der Waals surface area contributed by atoms with E-state index in [2.05, 4.69) is 0 Å². The van der Waals surface area contributed by atoms with E-state index in [0.29, 0.717) is 4.90 Å². The molecule has 0 spiro atoms. The quantitative estimate of drug-likeness (QED) is 0.385. The van der Waals surface area contributed by atoms with Gasteiger partial charge in [0.2, 0.25) is 0 Å². The maximum absolute atomic E-state index is 12.2. The maximum atomic E-state index is 12.2. The molecule has 88 valence electrons. The fourth-order valence-corrected chi connectivity index (χ4v) is 2.04. The Morgan fingerprint density at radius 3 is 2.75 bits per heavy atom. The first-order valence-corrected chi connectivity index (χ1v) is 5.66. The molecule has 0 saturated carbocycles. The highest BCUT2D eigenvalue weighted by molar-refractivity contribution is 7.99. The first-order valence-electron chi connectivity index (χ1n) is 4.30. The van der Waals surface area contributed by atoms with Gasteiger partial charge < -0.3 is 5.11 Å². The molecule has 7 heteroatoms. The van der Waals surface area contributed by atoms with Gasteiger partial charge in [0.1, 0.15) is 6.67 Å². The maximum Gasteiger partial charge on any atom is 0.282 e. The van der Waals surface area contributed by atoms with Crippen molar-refractivity contribution in [2.24, 2.45) is 0 Å². The molecule has 0 saturated heterocycles. The van der Waals surface area contributed by atoms with Crippen LogP contribution in [0.1, 0.15) is 0 Å². The largest absolute Gasteiger partial charge is 0.372 e. The SMILES string of the molecule is O=[N+]([O-])c1ccccc1SCC(O)(Cl)CF. The minimum Gasteiger partial charge on any atom is -0.372 e. The van der Waals surface area contributed by atoms with Gasteiger partial charge in [-0.05, 0) is 6.07 Å². The number of rotatable bonds is 5. The van der Waals surface area contributed by atoms with Crippen molar-refractivity contribution >= 4 is 29.1 Å². The van der Waals surface area contributed by atoms with E-state index in [0.717, 1.165) is 11.8 Å². The third kappa shape index (κ3) is 3.62. The summed E-state index contributed by atoms with van der Waals surface area (Å²) in [6.45, 7) is -1.11. The van der Waals surface area contributed by atoms with Crippen molar-refractivity contribution in [3.63, 3.8) is 0 Å². The van der Waals surface area contributed by atoms with Crippen molar-refractivity contribution in [1.82, 2.24) is 0 Å². The molecule has 0 aromatic heterocycles. The molecule has 16 heavy (non-hydrogen) atoms. The van der Waals surface area contributed by atoms with Gasteiger partial charge >= 0.3 is 0 Å². The molecule has 0 heterocycles. The van der Waals surface area contributed by atoms with E-state index in [9.17, 15) is 19.6 Å². The minimum atomic E-state index is -1.98. The molecule has 1 N–H and O–H groups in total. The molecule has 0 aliphatic rings. The summed E-state index contributed by atoms with van der Waals surface area (Å²) >= 11 is 6.34. The Balaban J connectivity index is 2.78. The van der Waals surface area contributed by atoms with Crippen molar-refractivity contribution in [3.8, 4) is 0 Å². The number of nitrogens with zero attached hydrogens (tertiary/aromatic N) is 1. The van der Waals surface area contributed by atoms with Gasteiger partial charge in [0.25, 0.3) is 5.69 Å². The second-order valence-electron chi connectivity index (χ2n) is 3.07. The fourth-order valence-electron chi connectivity index (χ4n) is 0.957. The normalized spacial score (nSPS) is 14.4. The van der Waals surface area contributed by atoms with Gasteiger partial charge in [-0.1, -0.05) is 23.7 Å². The van der Waals surface area contributed by atoms with Crippen LogP contribution in [0.15, 0.2) is 29.2 Å². The summed E-state index contributed by atoms with van der Waals surface area (Å²) in [5, 5.41) is 17.9. The van der Waals surface area contributed by atoms with E-state index >= 15 is 0 Å². The Kier molecular flexibility index (Phi) is 4.52. The zero-order valence-electron chi connectivity index (χ0n) is 8.10. The first-order chi connectivity index (χ1) is 7.46. The zero-order valence-corrected chi connectivity index (χ0v) is 9.67. The predicted molar refractivity (Wildman–Crippen MR) is 60.6 cm³/mol. The van der Waals surface area contributed by atoms with Gasteiger partial charge in [-0.25, -0.2) is 4.39 Å². The third-order valence-corrected chi connectivity index (χ3v) is 3.39. The van der Waals surface area contributed by atoms with Crippen LogP contribution < -0.4 is 0 Å². The lowest BCUT2D eigenvalue weighted by molar-refractivity contribution is -0.387. The molecule has 1 aromatic rings. The van der Waals surface area contributed by atoms with Crippen molar-refractivity contribution in [1.29, 1.82) is 0 Å². The van der Waals surface area contributed by atoms with Crippen LogP contribution in [-0.4, -0.2) is 27.5 Å². The standard InChI is InChI=1S/C9H9ClFNO3S/c10-9(13,5-11)6-16-8-4-2-1-3-7(8)12(14)15/h1-4,13H,5-6H2. The molecular weight excluding hydrogens is 257 g/mol. The third-order valence-electron chi connectivity index (χ3n) is 1.72. The summed E-state index contributed by atoms with van der Waals surface area (Å²) < 4.78 is 12.2. The summed E-state index contributed by atoms with van der Waals surface area (Å²) in [6, 6.07) is 6.02. The summed E-state index contributed by atoms with van der Waals surface area (Å²) in [6.07, 6.45) is 0. The van der Waals surface area contributed by atoms with Crippen LogP contribution in [-0.2, 0) is 0 Å². The molecule has 1 rings (SSSR count). The smallest absolute Gasteiger partial charge is 0.282 e. The van der Waals surface area contributed by atoms with Crippen molar-refractivity contribution in [2.45, 2.75) is 9.96 Å². The number of alkyl halides is 2. The van der Waals surface area contributed by atoms with Crippen molar-refractivity contribution < 1.29 is 14.4 Å². The minimum absolute atomic E-state index is 0.0844. The molecular formula is C9H9ClFNO3S. The number of halogens is 2. The van der Waals surface area contributed by atoms with Crippen LogP contribution in [0.25, 0.3) is 0 Å². The number of nitro groups is 1. The van der Waals surface area contributed by atoms with E-state index in [4.69, 9.17) is 11.6 Å². The number of benzene rings is 1. The topological polar surface area (TPSA) is 63.4 Å². The van der Waals surface area contributed by atoms with Crippen LogP contribution in [0.5, 0.6) is 0 Å². The number of hydrogen-bond donors (Lipinski definition) is 1. The number of nitro benzene ring substituents is 1. The molecule has 0 amide bonds. The van der Waals surface area contributed by atoms with E-state index in [1.54, 1.807) is 6.07 Å². The van der Waals surface area contributed by atoms with Gasteiger partial charge in [-0.2, -0.15) is 0 Å². The first kappa shape index (κ1) is 13.2. The van der Waals surface area contributed by atoms with E-state index in [-0.39, 0.29) is 11.4 Å². The Morgan fingerprint density at radius 2 is 2.19 bits per heavy atom. The van der Waals surface area contributed by atoms with E-state index in [1.165, 1.54) is 18.2 Å². The molecule has 0 fully saturated rings. The Labute approximate surface area is 101 Å². The molecule has 1 atom stereocenters. The van der Waals surface area contributed by atoms with Crippen LogP contribution in [0, 0.1) is 10.1 Å². The van der Waals surface area contributed by atoms with Gasteiger partial charge in [-0.15, -0.1) is 11.8 Å². The predicted octanol–water partition coefficient (Wildman–Crippen LogP) is 2.58. The number of hydrogen-bond acceptors (Lipinski definition) is 4. The van der Waals surface area contributed by atoms with E-state index in [1.807, 2.05) is 0 Å². The molecule has 0 bridgehead atoms. The van der Waals surface area contributed by atoms with Gasteiger partial charge in [0.05, 0.1) is 9.82 Å². The van der Waals surface area contributed by atoms with Crippen molar-refractivity contribution in [3.05, 3.63) is 34.4 Å². The zero-order chi connectivity index (χ0) is 12.2. The van der Waals surface area contributed by atoms with Gasteiger partial charge in [-0.3, -0.25) is 10.1 Å². The second kappa shape index (κ2) is 5.47. The number of para-hydroxylation sites is 1. The van der Waals surface area contributed by atoms with Crippen LogP contribution in [0.2, 0.25) is 0 Å². The van der Waals surface area contributed by atoms with E-state index < -0.39 is 16.7 Å². The molecule has 0 aliphatic heterocycles. The molecule has 4 nitrogen and oxygen atoms in total. The van der Waals surface area contributed by atoms with Gasteiger partial charge in [0.15, 0.2) is 5.06 Å². The average Bonchev–Trinajstić information content (AvgIpc) is 2.27. The Morgan fingerprint density at radius 1 is 1.56 bits per heavy atom. The molecule has 0 aliphatic carbocycles. The van der Waals surface area contributed by atoms with Crippen LogP contribution in [0.3, 0.4) is 0 Å². The lowest BCUT2D eigenvalue weighted by Gasteiger charge is -2.15. The molecule has 1 unspecified atom stereocenters. The molecule has 1 aromatic carbocycles. The Hall–Kier alpha value is -0.850. The lowest BCUT2D eigenvalue weighted by atomic mass is 10.3. The van der Waals surface area contributed by atoms with Gasteiger partial charge in [0, 0.05) is 11.8 Å². The summed E-state index contributed by atoms with van der Waals surface area (Å²) in [5.74, 6) is -0.157. The highest BCUT2D eigenvalue weighted by atomic mass is 35.5. The number of thioether (sulfide) groups is 1. The molecule has 0 radical (unpaired) electrons. The highest BCUT2D eigenvalue weighted by Gasteiger charge is 2.25. The fraction of sp³-hybridized carbons (Fsp3) is 0.333. The average molecular weight is 266 g/mol. The summed E-state index contributed by atoms with van der Waals surface area (Å²) in [4.78, 5) is 10.4. The van der Waals surface area contributed by atoms with Crippen LogP contribution >= 0.6 is 23.4 Å².